The molecule has 1 saturated heterocycles. The van der Waals surface area contributed by atoms with Crippen LogP contribution in [0.25, 0.3) is 27.3 Å². The smallest absolute Gasteiger partial charge is 0.142 e. The molecule has 1 aliphatic rings. The molecule has 0 aliphatic carbocycles. The van der Waals surface area contributed by atoms with Gasteiger partial charge in [-0.1, -0.05) is 0 Å². The lowest BCUT2D eigenvalue weighted by atomic mass is 10.1. The molecule has 5 rings (SSSR count). The van der Waals surface area contributed by atoms with Crippen LogP contribution >= 0.6 is 11.3 Å². The monoisotopic (exact) mass is 364 g/mol. The highest BCUT2D eigenvalue weighted by Crippen LogP contribution is 2.34. The molecule has 132 valence electrons. The largest absolute Gasteiger partial charge is 0.306 e. The number of aromatic nitrogens is 5. The van der Waals surface area contributed by atoms with E-state index >= 15 is 0 Å². The first-order valence-electron chi connectivity index (χ1n) is 8.86. The van der Waals surface area contributed by atoms with E-state index in [1.807, 2.05) is 36.8 Å². The van der Waals surface area contributed by atoms with E-state index in [-0.39, 0.29) is 0 Å². The fourth-order valence-corrected chi connectivity index (χ4v) is 4.85. The minimum absolute atomic E-state index is 0.608. The maximum absolute atomic E-state index is 4.85. The normalized spacial score (nSPS) is 18.3. The number of hydrogen-bond donors (Lipinski definition) is 0. The molecule has 5 heterocycles. The summed E-state index contributed by atoms with van der Waals surface area (Å²) in [4.78, 5) is 18.8. The fourth-order valence-electron chi connectivity index (χ4n) is 3.74. The van der Waals surface area contributed by atoms with Crippen LogP contribution in [0.4, 0.5) is 0 Å². The zero-order chi connectivity index (χ0) is 17.8. The predicted octanol–water partition coefficient (Wildman–Crippen LogP) is 3.44. The van der Waals surface area contributed by atoms with Gasteiger partial charge < -0.3 is 4.90 Å². The van der Waals surface area contributed by atoms with Gasteiger partial charge in [0, 0.05) is 17.3 Å². The zero-order valence-corrected chi connectivity index (χ0v) is 15.9. The first-order valence-corrected chi connectivity index (χ1v) is 9.67. The molecule has 7 heteroatoms. The number of likely N-dealkylation sites (N-methyl/N-ethyl adjacent to an activating group) is 1. The van der Waals surface area contributed by atoms with Gasteiger partial charge in [-0.15, -0.1) is 11.3 Å². The highest BCUT2D eigenvalue weighted by molar-refractivity contribution is 7.18. The van der Waals surface area contributed by atoms with Crippen LogP contribution in [-0.4, -0.2) is 49.6 Å². The molecule has 0 N–H and O–H groups in total. The molecule has 4 aromatic rings. The average molecular weight is 364 g/mol. The van der Waals surface area contributed by atoms with Crippen LogP contribution in [0.2, 0.25) is 0 Å². The van der Waals surface area contributed by atoms with Gasteiger partial charge in [0.15, 0.2) is 0 Å². The fraction of sp³-hybridized carbons (Fsp3) is 0.368. The van der Waals surface area contributed by atoms with Crippen LogP contribution in [-0.2, 0) is 0 Å². The van der Waals surface area contributed by atoms with E-state index in [4.69, 9.17) is 4.98 Å². The van der Waals surface area contributed by atoms with Crippen molar-refractivity contribution >= 4 is 27.2 Å². The Morgan fingerprint density at radius 1 is 1.15 bits per heavy atom. The summed E-state index contributed by atoms with van der Waals surface area (Å²) in [5, 5.41) is 4.68. The molecule has 0 radical (unpaired) electrons. The van der Waals surface area contributed by atoms with Gasteiger partial charge in [0.25, 0.3) is 0 Å². The van der Waals surface area contributed by atoms with Crippen molar-refractivity contribution in [2.75, 3.05) is 20.1 Å². The van der Waals surface area contributed by atoms with Crippen molar-refractivity contribution in [3.8, 4) is 11.4 Å². The van der Waals surface area contributed by atoms with Gasteiger partial charge in [0.1, 0.15) is 21.7 Å². The third-order valence-electron chi connectivity index (χ3n) is 5.08. The summed E-state index contributed by atoms with van der Waals surface area (Å²) in [5.74, 6) is 0.608. The van der Waals surface area contributed by atoms with Crippen LogP contribution in [0.15, 0.2) is 24.5 Å². The van der Waals surface area contributed by atoms with E-state index in [1.54, 1.807) is 11.3 Å². The van der Waals surface area contributed by atoms with Gasteiger partial charge in [-0.25, -0.2) is 9.50 Å². The van der Waals surface area contributed by atoms with E-state index < -0.39 is 0 Å². The van der Waals surface area contributed by atoms with Crippen molar-refractivity contribution in [1.29, 1.82) is 0 Å². The van der Waals surface area contributed by atoms with Crippen molar-refractivity contribution in [3.05, 3.63) is 40.8 Å². The van der Waals surface area contributed by atoms with E-state index in [0.717, 1.165) is 45.2 Å². The number of aryl methyl sites for hydroxylation is 2. The maximum Gasteiger partial charge on any atom is 0.142 e. The molecule has 26 heavy (non-hydrogen) atoms. The molecule has 1 aliphatic heterocycles. The Morgan fingerprint density at radius 2 is 2.04 bits per heavy atom. The Hall–Kier alpha value is -2.38. The SMILES string of the molecule is Cc1cn2nc(-c3cnc4cc([C@H]5CCN(C)C5)sc4n3)cc2c(C)n1. The van der Waals surface area contributed by atoms with Crippen LogP contribution < -0.4 is 0 Å². The van der Waals surface area contributed by atoms with Crippen LogP contribution in [0, 0.1) is 13.8 Å². The van der Waals surface area contributed by atoms with Crippen molar-refractivity contribution in [1.82, 2.24) is 29.5 Å². The number of hydrogen-bond acceptors (Lipinski definition) is 6. The summed E-state index contributed by atoms with van der Waals surface area (Å²) in [7, 11) is 2.18. The molecule has 0 amide bonds. The van der Waals surface area contributed by atoms with Gasteiger partial charge >= 0.3 is 0 Å². The average Bonchev–Trinajstić information content (AvgIpc) is 3.30. The van der Waals surface area contributed by atoms with Crippen molar-refractivity contribution in [3.63, 3.8) is 0 Å². The van der Waals surface area contributed by atoms with Crippen molar-refractivity contribution in [2.24, 2.45) is 0 Å². The second-order valence-electron chi connectivity index (χ2n) is 7.17. The molecule has 4 aromatic heterocycles. The third kappa shape index (κ3) is 2.59. The number of fused-ring (bicyclic) bond motifs is 2. The number of thiophene rings is 1. The molecular formula is C19H20N6S. The minimum atomic E-state index is 0.608. The summed E-state index contributed by atoms with van der Waals surface area (Å²) in [5.41, 5.74) is 5.58. The summed E-state index contributed by atoms with van der Waals surface area (Å²) in [6, 6.07) is 4.25. The lowest BCUT2D eigenvalue weighted by Crippen LogP contribution is -2.12. The lowest BCUT2D eigenvalue weighted by molar-refractivity contribution is 0.412. The Bertz CT molecular complexity index is 1130. The van der Waals surface area contributed by atoms with Crippen LogP contribution in [0.5, 0.6) is 0 Å². The Morgan fingerprint density at radius 3 is 2.85 bits per heavy atom. The summed E-state index contributed by atoms with van der Waals surface area (Å²) >= 11 is 1.77. The highest BCUT2D eigenvalue weighted by atomic mass is 32.1. The Balaban J connectivity index is 1.56. The molecule has 1 fully saturated rings. The molecule has 0 unspecified atom stereocenters. The number of rotatable bonds is 2. The van der Waals surface area contributed by atoms with Crippen LogP contribution in [0.1, 0.15) is 28.6 Å². The van der Waals surface area contributed by atoms with E-state index in [9.17, 15) is 0 Å². The molecule has 0 spiro atoms. The van der Waals surface area contributed by atoms with Crippen molar-refractivity contribution in [2.45, 2.75) is 26.2 Å². The third-order valence-corrected chi connectivity index (χ3v) is 6.26. The molecule has 0 aromatic carbocycles. The first-order chi connectivity index (χ1) is 12.6. The minimum Gasteiger partial charge on any atom is -0.306 e. The quantitative estimate of drug-likeness (QED) is 0.545. The van der Waals surface area contributed by atoms with E-state index in [2.05, 4.69) is 33.1 Å². The predicted molar refractivity (Wildman–Crippen MR) is 104 cm³/mol. The second-order valence-corrected chi connectivity index (χ2v) is 8.23. The van der Waals surface area contributed by atoms with Gasteiger partial charge in [0.2, 0.25) is 0 Å². The van der Waals surface area contributed by atoms with Gasteiger partial charge in [-0.2, -0.15) is 5.10 Å². The van der Waals surface area contributed by atoms with E-state index in [1.165, 1.54) is 17.8 Å². The van der Waals surface area contributed by atoms with Gasteiger partial charge in [0.05, 0.1) is 29.3 Å². The molecule has 1 atom stereocenters. The molecule has 6 nitrogen and oxygen atoms in total. The summed E-state index contributed by atoms with van der Waals surface area (Å²) < 4.78 is 1.88. The molecular weight excluding hydrogens is 344 g/mol. The van der Waals surface area contributed by atoms with Gasteiger partial charge in [-0.3, -0.25) is 9.97 Å². The van der Waals surface area contributed by atoms with E-state index in [0.29, 0.717) is 5.92 Å². The highest BCUT2D eigenvalue weighted by Gasteiger charge is 2.23. The summed E-state index contributed by atoms with van der Waals surface area (Å²) in [6.45, 7) is 6.27. The first kappa shape index (κ1) is 15.8. The lowest BCUT2D eigenvalue weighted by Gasteiger charge is -2.07. The molecule has 0 bridgehead atoms. The number of likely N-dealkylation sites (tertiary alicyclic amines) is 1. The van der Waals surface area contributed by atoms with Crippen molar-refractivity contribution < 1.29 is 0 Å². The Labute approximate surface area is 155 Å². The Kier molecular flexibility index (Phi) is 3.55. The number of nitrogens with zero attached hydrogens (tertiary/aromatic N) is 6. The standard InChI is InChI=1S/C19H20N6S/c1-11-9-25-17(12(2)21-11)6-14(23-25)16-8-20-15-7-18(26-19(15)22-16)13-4-5-24(3)10-13/h6-9,13H,4-5,10H2,1-3H3/t13-/m0/s1. The topological polar surface area (TPSA) is 59.2 Å². The second kappa shape index (κ2) is 5.82. The molecule has 0 saturated carbocycles. The maximum atomic E-state index is 4.85. The zero-order valence-electron chi connectivity index (χ0n) is 15.1. The van der Waals surface area contributed by atoms with Crippen LogP contribution in [0.3, 0.4) is 0 Å². The van der Waals surface area contributed by atoms with Gasteiger partial charge in [-0.05, 0) is 46.0 Å². The summed E-state index contributed by atoms with van der Waals surface area (Å²) in [6.07, 6.45) is 4.99.